The van der Waals surface area contributed by atoms with Gasteiger partial charge in [-0.15, -0.1) is 0 Å². The molecule has 0 aromatic heterocycles. The van der Waals surface area contributed by atoms with Crippen LogP contribution in [0.3, 0.4) is 0 Å². The lowest BCUT2D eigenvalue weighted by molar-refractivity contribution is 0.751. The highest BCUT2D eigenvalue weighted by atomic mass is 15.2. The maximum absolute atomic E-state index is 3.73. The molecule has 3 aromatic rings. The van der Waals surface area contributed by atoms with Crippen LogP contribution < -0.4 is 10.2 Å². The smallest absolute Gasteiger partial charge is 0.0650 e. The van der Waals surface area contributed by atoms with Crippen molar-refractivity contribution in [1.82, 2.24) is 0 Å². The van der Waals surface area contributed by atoms with E-state index < -0.39 is 0 Å². The number of nitrogens with one attached hydrogen (secondary N) is 1. The summed E-state index contributed by atoms with van der Waals surface area (Å²) < 4.78 is 0. The van der Waals surface area contributed by atoms with Gasteiger partial charge in [0.25, 0.3) is 0 Å². The largest absolute Gasteiger partial charge is 0.355 e. The first-order valence-corrected chi connectivity index (χ1v) is 11.5. The van der Waals surface area contributed by atoms with E-state index in [0.717, 1.165) is 24.9 Å². The van der Waals surface area contributed by atoms with Gasteiger partial charge in [-0.2, -0.15) is 0 Å². The molecule has 32 heavy (non-hydrogen) atoms. The Morgan fingerprint density at radius 3 is 2.38 bits per heavy atom. The van der Waals surface area contributed by atoms with Crippen LogP contribution in [0.4, 0.5) is 11.4 Å². The van der Waals surface area contributed by atoms with Gasteiger partial charge in [-0.3, -0.25) is 0 Å². The summed E-state index contributed by atoms with van der Waals surface area (Å²) in [4.78, 5) is 2.57. The summed E-state index contributed by atoms with van der Waals surface area (Å²) in [5.74, 6) is 0. The van der Waals surface area contributed by atoms with E-state index in [-0.39, 0.29) is 0 Å². The second-order valence-corrected chi connectivity index (χ2v) is 8.56. The van der Waals surface area contributed by atoms with E-state index in [1.165, 1.54) is 39.3 Å². The second kappa shape index (κ2) is 8.05. The molecule has 0 bridgehead atoms. The standard InChI is InChI=1S/C30H26N2/c1-3-10-22(11-4-1)23-18-20-24(21-19-23)31-27-15-9-17-29-30(27)26-14-7-8-16-28(26)32(29)25-12-5-2-6-13-25/h1-5,7-12,14-16,18-21,29,31H,6,13,17H2. The number of hydrogen-bond donors (Lipinski definition) is 1. The zero-order valence-corrected chi connectivity index (χ0v) is 18.0. The number of nitrogens with zero attached hydrogens (tertiary/aromatic N) is 1. The fourth-order valence-corrected chi connectivity index (χ4v) is 5.13. The first-order chi connectivity index (χ1) is 15.9. The predicted octanol–water partition coefficient (Wildman–Crippen LogP) is 7.56. The molecule has 1 unspecified atom stereocenters. The van der Waals surface area contributed by atoms with Crippen LogP contribution in [-0.4, -0.2) is 6.04 Å². The second-order valence-electron chi connectivity index (χ2n) is 8.56. The first kappa shape index (κ1) is 18.9. The van der Waals surface area contributed by atoms with Crippen LogP contribution in [0.15, 0.2) is 121 Å². The van der Waals surface area contributed by atoms with Crippen LogP contribution in [0, 0.1) is 0 Å². The molecular formula is C30H26N2. The Kier molecular flexibility index (Phi) is 4.77. The van der Waals surface area contributed by atoms with Gasteiger partial charge in [0.2, 0.25) is 0 Å². The molecule has 3 aromatic carbocycles. The third-order valence-corrected chi connectivity index (χ3v) is 6.60. The molecule has 0 saturated heterocycles. The van der Waals surface area contributed by atoms with Crippen molar-refractivity contribution in [3.63, 3.8) is 0 Å². The third kappa shape index (κ3) is 3.29. The highest BCUT2D eigenvalue weighted by Crippen LogP contribution is 2.48. The molecule has 0 saturated carbocycles. The van der Waals surface area contributed by atoms with E-state index in [1.54, 1.807) is 0 Å². The number of para-hydroxylation sites is 1. The minimum atomic E-state index is 0.348. The van der Waals surface area contributed by atoms with Crippen LogP contribution in [0.2, 0.25) is 0 Å². The number of fused-ring (bicyclic) bond motifs is 3. The van der Waals surface area contributed by atoms with Gasteiger partial charge in [0, 0.05) is 33.9 Å². The Labute approximate surface area is 189 Å². The van der Waals surface area contributed by atoms with Gasteiger partial charge in [-0.25, -0.2) is 0 Å². The van der Waals surface area contributed by atoms with Crippen LogP contribution in [0.25, 0.3) is 16.7 Å². The minimum Gasteiger partial charge on any atom is -0.355 e. The number of anilines is 2. The van der Waals surface area contributed by atoms with Crippen LogP contribution in [0.5, 0.6) is 0 Å². The van der Waals surface area contributed by atoms with Crippen molar-refractivity contribution in [2.45, 2.75) is 25.3 Å². The lowest BCUT2D eigenvalue weighted by atomic mass is 9.93. The Balaban J connectivity index is 1.36. The zero-order valence-electron chi connectivity index (χ0n) is 18.0. The van der Waals surface area contributed by atoms with Gasteiger partial charge < -0.3 is 10.2 Å². The topological polar surface area (TPSA) is 15.3 Å². The average molecular weight is 415 g/mol. The highest BCUT2D eigenvalue weighted by Gasteiger charge is 2.37. The molecule has 1 heterocycles. The maximum Gasteiger partial charge on any atom is 0.0650 e. The van der Waals surface area contributed by atoms with Gasteiger partial charge in [0.05, 0.1) is 6.04 Å². The molecule has 1 aliphatic heterocycles. The SMILES string of the molecule is C1=CCCC(N2c3ccccc3C3=C(Nc4ccc(-c5ccccc5)cc4)C=CCC32)=C1. The Bertz CT molecular complexity index is 1260. The molecule has 0 fully saturated rings. The molecule has 156 valence electrons. The molecule has 0 amide bonds. The van der Waals surface area contributed by atoms with E-state index in [2.05, 4.69) is 119 Å². The maximum atomic E-state index is 3.73. The molecule has 1 N–H and O–H groups in total. The van der Waals surface area contributed by atoms with Crippen molar-refractivity contribution in [3.05, 3.63) is 126 Å². The fraction of sp³-hybridized carbons (Fsp3) is 0.133. The molecule has 1 atom stereocenters. The van der Waals surface area contributed by atoms with Gasteiger partial charge in [0.1, 0.15) is 0 Å². The quantitative estimate of drug-likeness (QED) is 0.474. The lowest BCUT2D eigenvalue weighted by Gasteiger charge is -2.32. The summed E-state index contributed by atoms with van der Waals surface area (Å²) in [5.41, 5.74) is 10.3. The van der Waals surface area contributed by atoms with E-state index in [0.29, 0.717) is 6.04 Å². The van der Waals surface area contributed by atoms with E-state index in [9.17, 15) is 0 Å². The van der Waals surface area contributed by atoms with Crippen LogP contribution >= 0.6 is 0 Å². The predicted molar refractivity (Wildman–Crippen MR) is 135 cm³/mol. The first-order valence-electron chi connectivity index (χ1n) is 11.5. The Morgan fingerprint density at radius 1 is 0.781 bits per heavy atom. The van der Waals surface area contributed by atoms with E-state index in [1.807, 2.05) is 0 Å². The number of benzene rings is 3. The molecule has 3 aliphatic rings. The normalized spacial score (nSPS) is 18.9. The fourth-order valence-electron chi connectivity index (χ4n) is 5.13. The summed E-state index contributed by atoms with van der Waals surface area (Å²) in [7, 11) is 0. The van der Waals surface area contributed by atoms with Crippen molar-refractivity contribution in [2.24, 2.45) is 0 Å². The zero-order chi connectivity index (χ0) is 21.3. The molecular weight excluding hydrogens is 388 g/mol. The Hall–Kier alpha value is -3.78. The van der Waals surface area contributed by atoms with Gasteiger partial charge >= 0.3 is 0 Å². The molecule has 2 aliphatic carbocycles. The molecule has 6 rings (SSSR count). The average Bonchev–Trinajstić information content (AvgIpc) is 3.21. The molecule has 2 heteroatoms. The van der Waals surface area contributed by atoms with Crippen molar-refractivity contribution < 1.29 is 0 Å². The van der Waals surface area contributed by atoms with Crippen molar-refractivity contribution in [2.75, 3.05) is 10.2 Å². The van der Waals surface area contributed by atoms with E-state index >= 15 is 0 Å². The monoisotopic (exact) mass is 414 g/mol. The number of hydrogen-bond acceptors (Lipinski definition) is 2. The van der Waals surface area contributed by atoms with Gasteiger partial charge in [-0.1, -0.05) is 78.9 Å². The summed E-state index contributed by atoms with van der Waals surface area (Å²) in [6, 6.07) is 28.5. The van der Waals surface area contributed by atoms with E-state index in [4.69, 9.17) is 0 Å². The number of allylic oxidation sites excluding steroid dienone is 5. The summed E-state index contributed by atoms with van der Waals surface area (Å²) >= 11 is 0. The summed E-state index contributed by atoms with van der Waals surface area (Å²) in [5, 5.41) is 3.73. The third-order valence-electron chi connectivity index (χ3n) is 6.60. The van der Waals surface area contributed by atoms with Crippen molar-refractivity contribution in [3.8, 4) is 11.1 Å². The van der Waals surface area contributed by atoms with Gasteiger partial charge in [-0.05, 0) is 60.7 Å². The van der Waals surface area contributed by atoms with Crippen molar-refractivity contribution >= 4 is 16.9 Å². The number of rotatable bonds is 4. The summed E-state index contributed by atoms with van der Waals surface area (Å²) in [6.07, 6.45) is 14.6. The van der Waals surface area contributed by atoms with Crippen molar-refractivity contribution in [1.29, 1.82) is 0 Å². The molecule has 2 nitrogen and oxygen atoms in total. The van der Waals surface area contributed by atoms with Crippen LogP contribution in [-0.2, 0) is 0 Å². The summed E-state index contributed by atoms with van der Waals surface area (Å²) in [6.45, 7) is 0. The highest BCUT2D eigenvalue weighted by molar-refractivity contribution is 5.93. The lowest BCUT2D eigenvalue weighted by Crippen LogP contribution is -2.32. The van der Waals surface area contributed by atoms with Gasteiger partial charge in [0.15, 0.2) is 0 Å². The van der Waals surface area contributed by atoms with Crippen LogP contribution in [0.1, 0.15) is 24.8 Å². The Morgan fingerprint density at radius 2 is 1.56 bits per heavy atom. The minimum absolute atomic E-state index is 0.348. The molecule has 0 radical (unpaired) electrons. The molecule has 0 spiro atoms.